The lowest BCUT2D eigenvalue weighted by molar-refractivity contribution is 0.172. The van der Waals surface area contributed by atoms with E-state index >= 15 is 0 Å². The second-order valence-electron chi connectivity index (χ2n) is 8.10. The molecule has 0 aromatic carbocycles. The van der Waals surface area contributed by atoms with Crippen molar-refractivity contribution in [2.45, 2.75) is 97.8 Å². The average Bonchev–Trinajstić information content (AvgIpc) is 2.41. The molecule has 0 heteroatoms. The van der Waals surface area contributed by atoms with Crippen LogP contribution < -0.4 is 0 Å². The fraction of sp³-hybridized carbons (Fsp3) is 1.00. The first-order valence-electron chi connectivity index (χ1n) is 9.12. The van der Waals surface area contributed by atoms with Crippen LogP contribution in [-0.4, -0.2) is 0 Å². The molecule has 2 atom stereocenters. The van der Waals surface area contributed by atoms with Gasteiger partial charge >= 0.3 is 0 Å². The minimum absolute atomic E-state index is 0.625. The molecule has 0 saturated heterocycles. The molecule has 0 heterocycles. The van der Waals surface area contributed by atoms with Crippen LogP contribution in [0.1, 0.15) is 97.8 Å². The van der Waals surface area contributed by atoms with Crippen LogP contribution in [0.2, 0.25) is 0 Å². The molecule has 0 amide bonds. The highest BCUT2D eigenvalue weighted by molar-refractivity contribution is 4.82. The number of hydrogen-bond acceptors (Lipinski definition) is 0. The van der Waals surface area contributed by atoms with E-state index in [0.29, 0.717) is 5.41 Å². The van der Waals surface area contributed by atoms with Crippen molar-refractivity contribution in [1.82, 2.24) is 0 Å². The second kappa shape index (κ2) is 7.14. The maximum absolute atomic E-state index is 2.56. The smallest absolute Gasteiger partial charge is 0.0303 e. The third-order valence-electron chi connectivity index (χ3n) is 6.61. The zero-order valence-corrected chi connectivity index (χ0v) is 13.7. The second-order valence-corrected chi connectivity index (χ2v) is 8.10. The molecule has 0 N–H and O–H groups in total. The van der Waals surface area contributed by atoms with Gasteiger partial charge in [-0.2, -0.15) is 0 Å². The normalized spacial score (nSPS) is 38.5. The van der Waals surface area contributed by atoms with E-state index in [0.717, 1.165) is 17.8 Å². The molecule has 2 aliphatic rings. The lowest BCUT2D eigenvalue weighted by Crippen LogP contribution is -2.23. The summed E-state index contributed by atoms with van der Waals surface area (Å²) in [6.07, 6.45) is 18.2. The molecule has 2 aliphatic carbocycles. The molecule has 0 aromatic rings. The Hall–Kier alpha value is 0. The van der Waals surface area contributed by atoms with Crippen LogP contribution in [-0.2, 0) is 0 Å². The Labute approximate surface area is 121 Å². The molecule has 2 fully saturated rings. The highest BCUT2D eigenvalue weighted by Crippen LogP contribution is 2.43. The lowest BCUT2D eigenvalue weighted by Gasteiger charge is -2.34. The summed E-state index contributed by atoms with van der Waals surface area (Å²) in [5.74, 6) is 3.02. The molecular weight excluding hydrogens is 228 g/mol. The van der Waals surface area contributed by atoms with E-state index in [4.69, 9.17) is 0 Å². The molecule has 0 nitrogen and oxygen atoms in total. The first-order chi connectivity index (χ1) is 9.12. The summed E-state index contributed by atoms with van der Waals surface area (Å²) in [4.78, 5) is 0. The summed E-state index contributed by atoms with van der Waals surface area (Å²) in [6, 6.07) is 0. The molecule has 0 aliphatic heterocycles. The Morgan fingerprint density at radius 3 is 1.53 bits per heavy atom. The van der Waals surface area contributed by atoms with Crippen molar-refractivity contribution >= 4 is 0 Å². The van der Waals surface area contributed by atoms with Crippen molar-refractivity contribution in [1.29, 1.82) is 0 Å². The van der Waals surface area contributed by atoms with Gasteiger partial charge in [-0.05, 0) is 36.0 Å². The molecule has 0 radical (unpaired) electrons. The summed E-state index contributed by atoms with van der Waals surface area (Å²) >= 11 is 0. The van der Waals surface area contributed by atoms with E-state index in [9.17, 15) is 0 Å². The number of fused-ring (bicyclic) bond motifs is 1. The summed E-state index contributed by atoms with van der Waals surface area (Å²) in [5.41, 5.74) is 0.625. The van der Waals surface area contributed by atoms with Gasteiger partial charge in [-0.25, -0.2) is 0 Å². The molecule has 2 saturated carbocycles. The van der Waals surface area contributed by atoms with E-state index < -0.39 is 0 Å². The fourth-order valence-corrected chi connectivity index (χ4v) is 4.64. The van der Waals surface area contributed by atoms with Crippen molar-refractivity contribution in [3.8, 4) is 0 Å². The van der Waals surface area contributed by atoms with Crippen LogP contribution in [0.5, 0.6) is 0 Å². The SMILES string of the molecule is CC(C)C1(C)CCCC2CCCCCCC2CCC1. The number of hydrogen-bond donors (Lipinski definition) is 0. The Morgan fingerprint density at radius 2 is 1.11 bits per heavy atom. The van der Waals surface area contributed by atoms with Crippen molar-refractivity contribution in [3.63, 3.8) is 0 Å². The minimum atomic E-state index is 0.625. The predicted octanol–water partition coefficient (Wildman–Crippen LogP) is 6.59. The number of rotatable bonds is 1. The van der Waals surface area contributed by atoms with Gasteiger partial charge in [-0.3, -0.25) is 0 Å². The van der Waals surface area contributed by atoms with Gasteiger partial charge in [0.2, 0.25) is 0 Å². The minimum Gasteiger partial charge on any atom is -0.0623 e. The zero-order valence-electron chi connectivity index (χ0n) is 13.7. The maximum Gasteiger partial charge on any atom is -0.0303 e. The van der Waals surface area contributed by atoms with Crippen molar-refractivity contribution in [2.75, 3.05) is 0 Å². The molecule has 112 valence electrons. The zero-order chi connectivity index (χ0) is 13.7. The summed E-state index contributed by atoms with van der Waals surface area (Å²) in [5, 5.41) is 0. The van der Waals surface area contributed by atoms with Gasteiger partial charge in [0.15, 0.2) is 0 Å². The lowest BCUT2D eigenvalue weighted by atomic mass is 9.72. The van der Waals surface area contributed by atoms with Gasteiger partial charge in [0.25, 0.3) is 0 Å². The molecular formula is C19H36. The predicted molar refractivity (Wildman–Crippen MR) is 85.3 cm³/mol. The van der Waals surface area contributed by atoms with Crippen LogP contribution >= 0.6 is 0 Å². The largest absolute Gasteiger partial charge is 0.0623 e. The monoisotopic (exact) mass is 264 g/mol. The Kier molecular flexibility index (Phi) is 5.78. The highest BCUT2D eigenvalue weighted by Gasteiger charge is 2.31. The standard InChI is InChI=1S/C19H36/c1-16(2)19(3)14-8-12-17-10-6-4-5-7-11-18(17)13-9-15-19/h16-18H,4-15H2,1-3H3. The quantitative estimate of drug-likeness (QED) is 0.501. The van der Waals surface area contributed by atoms with E-state index in [2.05, 4.69) is 20.8 Å². The van der Waals surface area contributed by atoms with Crippen molar-refractivity contribution < 1.29 is 0 Å². The average molecular weight is 264 g/mol. The molecule has 0 bridgehead atoms. The molecule has 2 rings (SSSR count). The topological polar surface area (TPSA) is 0 Å². The van der Waals surface area contributed by atoms with E-state index in [1.54, 1.807) is 12.8 Å². The van der Waals surface area contributed by atoms with E-state index in [1.165, 1.54) is 64.2 Å². The van der Waals surface area contributed by atoms with Crippen LogP contribution in [0.15, 0.2) is 0 Å². The highest BCUT2D eigenvalue weighted by atomic mass is 14.4. The Bertz CT molecular complexity index is 233. The Balaban J connectivity index is 1.98. The van der Waals surface area contributed by atoms with Crippen LogP contribution in [0.4, 0.5) is 0 Å². The van der Waals surface area contributed by atoms with E-state index in [-0.39, 0.29) is 0 Å². The van der Waals surface area contributed by atoms with Crippen LogP contribution in [0.3, 0.4) is 0 Å². The van der Waals surface area contributed by atoms with Crippen molar-refractivity contribution in [2.24, 2.45) is 23.2 Å². The van der Waals surface area contributed by atoms with Gasteiger partial charge in [0.05, 0.1) is 0 Å². The van der Waals surface area contributed by atoms with Gasteiger partial charge in [0.1, 0.15) is 0 Å². The van der Waals surface area contributed by atoms with Crippen LogP contribution in [0.25, 0.3) is 0 Å². The summed E-state index contributed by atoms with van der Waals surface area (Å²) < 4.78 is 0. The van der Waals surface area contributed by atoms with Crippen molar-refractivity contribution in [3.05, 3.63) is 0 Å². The van der Waals surface area contributed by atoms with Gasteiger partial charge in [0, 0.05) is 0 Å². The third kappa shape index (κ3) is 4.23. The fourth-order valence-electron chi connectivity index (χ4n) is 4.64. The first kappa shape index (κ1) is 15.4. The summed E-state index contributed by atoms with van der Waals surface area (Å²) in [6.45, 7) is 7.45. The van der Waals surface area contributed by atoms with Gasteiger partial charge in [-0.15, -0.1) is 0 Å². The van der Waals surface area contributed by atoms with Crippen LogP contribution in [0, 0.1) is 23.2 Å². The first-order valence-corrected chi connectivity index (χ1v) is 9.12. The molecule has 19 heavy (non-hydrogen) atoms. The molecule has 2 unspecified atom stereocenters. The third-order valence-corrected chi connectivity index (χ3v) is 6.61. The maximum atomic E-state index is 2.56. The van der Waals surface area contributed by atoms with Gasteiger partial charge < -0.3 is 0 Å². The molecule has 0 aromatic heterocycles. The Morgan fingerprint density at radius 1 is 0.684 bits per heavy atom. The summed E-state index contributed by atoms with van der Waals surface area (Å²) in [7, 11) is 0. The molecule has 0 spiro atoms. The van der Waals surface area contributed by atoms with Gasteiger partial charge in [-0.1, -0.05) is 85.0 Å². The van der Waals surface area contributed by atoms with E-state index in [1.807, 2.05) is 0 Å².